The molecule has 0 aliphatic carbocycles. The van der Waals surface area contributed by atoms with Crippen LogP contribution < -0.4 is 0 Å². The molecule has 0 fully saturated rings. The van der Waals surface area contributed by atoms with Gasteiger partial charge in [0.25, 0.3) is 0 Å². The van der Waals surface area contributed by atoms with E-state index in [2.05, 4.69) is 82.3 Å². The summed E-state index contributed by atoms with van der Waals surface area (Å²) in [7, 11) is 0. The third-order valence-electron chi connectivity index (χ3n) is 4.51. The quantitative estimate of drug-likeness (QED) is 0.423. The summed E-state index contributed by atoms with van der Waals surface area (Å²) in [5.41, 5.74) is 3.02. The third-order valence-corrected chi connectivity index (χ3v) is 5.74. The van der Waals surface area contributed by atoms with Crippen LogP contribution in [-0.2, 0) is 13.0 Å². The van der Waals surface area contributed by atoms with Crippen LogP contribution >= 0.6 is 22.6 Å². The molecule has 3 aromatic rings. The number of fused-ring (bicyclic) bond motifs is 1. The van der Waals surface area contributed by atoms with Gasteiger partial charge in [-0.05, 0) is 59.5 Å². The zero-order valence-electron chi connectivity index (χ0n) is 13.9. The molecule has 1 N–H and O–H groups in total. The van der Waals surface area contributed by atoms with Gasteiger partial charge in [-0.2, -0.15) is 0 Å². The predicted molar refractivity (Wildman–Crippen MR) is 109 cm³/mol. The minimum Gasteiger partial charge on any atom is -0.386 e. The molecule has 3 heteroatoms. The molecule has 1 atom stereocenters. The van der Waals surface area contributed by atoms with E-state index in [0.29, 0.717) is 6.42 Å². The fraction of sp³-hybridized carbons (Fsp3) is 0.238. The monoisotopic (exact) mass is 431 g/mol. The van der Waals surface area contributed by atoms with Crippen molar-refractivity contribution in [2.75, 3.05) is 0 Å². The Kier molecular flexibility index (Phi) is 5.11. The number of halogens is 1. The average Bonchev–Trinajstić information content (AvgIpc) is 2.86. The average molecular weight is 431 g/mol. The number of hydrogen-bond acceptors (Lipinski definition) is 1. The third kappa shape index (κ3) is 3.57. The highest BCUT2D eigenvalue weighted by Crippen LogP contribution is 2.30. The molecule has 0 radical (unpaired) electrons. The topological polar surface area (TPSA) is 25.2 Å². The van der Waals surface area contributed by atoms with Crippen molar-refractivity contribution in [3.63, 3.8) is 0 Å². The van der Waals surface area contributed by atoms with Crippen molar-refractivity contribution in [2.45, 2.75) is 31.9 Å². The Morgan fingerprint density at radius 3 is 2.50 bits per heavy atom. The van der Waals surface area contributed by atoms with E-state index < -0.39 is 5.60 Å². The molecule has 124 valence electrons. The standard InChI is InChI=1S/C21H22INO/c1-3-21(2,24)14-13-18-17-11-7-8-12-19(17)23(20(18)22)15-16-9-5-4-6-10-16/h3-12,24H,1,13-15H2,2H3/t21-/m0/s1. The minimum absolute atomic E-state index is 0.672. The SMILES string of the molecule is C=C[C@](C)(O)CCc1c(I)n(Cc2ccccc2)c2ccccc12. The van der Waals surface area contributed by atoms with Gasteiger partial charge in [0.05, 0.1) is 9.30 Å². The molecule has 2 aromatic carbocycles. The molecule has 0 aliphatic rings. The number of hydrogen-bond donors (Lipinski definition) is 1. The van der Waals surface area contributed by atoms with Gasteiger partial charge in [0.15, 0.2) is 0 Å². The van der Waals surface area contributed by atoms with Gasteiger partial charge < -0.3 is 9.67 Å². The molecule has 3 rings (SSSR count). The number of nitrogens with zero attached hydrogens (tertiary/aromatic N) is 1. The molecule has 2 nitrogen and oxygen atoms in total. The number of aryl methyl sites for hydroxylation is 1. The van der Waals surface area contributed by atoms with E-state index in [-0.39, 0.29) is 0 Å². The minimum atomic E-state index is -0.828. The molecule has 0 unspecified atom stereocenters. The molecule has 0 spiro atoms. The summed E-state index contributed by atoms with van der Waals surface area (Å²) in [6, 6.07) is 19.0. The fourth-order valence-electron chi connectivity index (χ4n) is 2.98. The van der Waals surface area contributed by atoms with Crippen molar-refractivity contribution in [1.82, 2.24) is 4.57 Å². The zero-order chi connectivity index (χ0) is 17.2. The van der Waals surface area contributed by atoms with Gasteiger partial charge in [-0.1, -0.05) is 54.6 Å². The Balaban J connectivity index is 2.01. The molecule has 0 amide bonds. The Morgan fingerprint density at radius 1 is 1.12 bits per heavy atom. The van der Waals surface area contributed by atoms with E-state index in [9.17, 15) is 5.11 Å². The van der Waals surface area contributed by atoms with E-state index >= 15 is 0 Å². The van der Waals surface area contributed by atoms with E-state index in [1.165, 1.54) is 25.7 Å². The highest BCUT2D eigenvalue weighted by molar-refractivity contribution is 14.1. The van der Waals surface area contributed by atoms with Crippen LogP contribution in [0.4, 0.5) is 0 Å². The van der Waals surface area contributed by atoms with Gasteiger partial charge in [0.1, 0.15) is 0 Å². The van der Waals surface area contributed by atoms with Crippen molar-refractivity contribution in [3.05, 3.63) is 82.1 Å². The zero-order valence-corrected chi connectivity index (χ0v) is 16.0. The lowest BCUT2D eigenvalue weighted by Crippen LogP contribution is -2.21. The van der Waals surface area contributed by atoms with Gasteiger partial charge in [-0.15, -0.1) is 6.58 Å². The maximum Gasteiger partial charge on any atom is 0.0844 e. The first-order valence-electron chi connectivity index (χ1n) is 8.17. The van der Waals surface area contributed by atoms with Crippen LogP contribution in [0.25, 0.3) is 10.9 Å². The second-order valence-electron chi connectivity index (χ2n) is 6.42. The second kappa shape index (κ2) is 7.11. The van der Waals surface area contributed by atoms with Gasteiger partial charge in [0.2, 0.25) is 0 Å². The maximum atomic E-state index is 10.3. The highest BCUT2D eigenvalue weighted by Gasteiger charge is 2.20. The van der Waals surface area contributed by atoms with Gasteiger partial charge in [-0.25, -0.2) is 0 Å². The summed E-state index contributed by atoms with van der Waals surface area (Å²) in [6.07, 6.45) is 3.13. The Labute approximate surface area is 157 Å². The molecular formula is C21H22INO. The lowest BCUT2D eigenvalue weighted by atomic mass is 9.97. The van der Waals surface area contributed by atoms with Crippen LogP contribution in [0.3, 0.4) is 0 Å². The van der Waals surface area contributed by atoms with E-state index in [0.717, 1.165) is 13.0 Å². The largest absolute Gasteiger partial charge is 0.386 e. The maximum absolute atomic E-state index is 10.3. The van der Waals surface area contributed by atoms with Gasteiger partial charge >= 0.3 is 0 Å². The van der Waals surface area contributed by atoms with Crippen molar-refractivity contribution >= 4 is 33.5 Å². The van der Waals surface area contributed by atoms with Gasteiger partial charge in [0, 0.05) is 17.4 Å². The molecule has 1 aromatic heterocycles. The summed E-state index contributed by atoms with van der Waals surface area (Å²) in [5, 5.41) is 11.5. The summed E-state index contributed by atoms with van der Waals surface area (Å²) in [5.74, 6) is 0. The van der Waals surface area contributed by atoms with E-state index in [4.69, 9.17) is 0 Å². The first-order valence-corrected chi connectivity index (χ1v) is 9.25. The second-order valence-corrected chi connectivity index (χ2v) is 7.44. The van der Waals surface area contributed by atoms with Crippen LogP contribution in [0, 0.1) is 3.70 Å². The number of aromatic nitrogens is 1. The molecule has 24 heavy (non-hydrogen) atoms. The Bertz CT molecular complexity index is 849. The Hall–Kier alpha value is -1.59. The smallest absolute Gasteiger partial charge is 0.0844 e. The number of para-hydroxylation sites is 1. The summed E-state index contributed by atoms with van der Waals surface area (Å²) in [6.45, 7) is 6.41. The molecule has 0 saturated heterocycles. The van der Waals surface area contributed by atoms with Gasteiger partial charge in [-0.3, -0.25) is 0 Å². The van der Waals surface area contributed by atoms with Crippen molar-refractivity contribution in [3.8, 4) is 0 Å². The Morgan fingerprint density at radius 2 is 1.79 bits per heavy atom. The highest BCUT2D eigenvalue weighted by atomic mass is 127. The molecule has 0 saturated carbocycles. The fourth-order valence-corrected chi connectivity index (χ4v) is 3.97. The summed E-state index contributed by atoms with van der Waals surface area (Å²) in [4.78, 5) is 0. The van der Waals surface area contributed by atoms with Crippen molar-refractivity contribution < 1.29 is 5.11 Å². The summed E-state index contributed by atoms with van der Waals surface area (Å²) < 4.78 is 3.61. The molecule has 0 bridgehead atoms. The summed E-state index contributed by atoms with van der Waals surface area (Å²) >= 11 is 2.44. The molecular weight excluding hydrogens is 409 g/mol. The first-order chi connectivity index (χ1) is 11.5. The molecule has 0 aliphatic heterocycles. The van der Waals surface area contributed by atoms with Crippen molar-refractivity contribution in [2.24, 2.45) is 0 Å². The first kappa shape index (κ1) is 17.2. The predicted octanol–water partition coefficient (Wildman–Crippen LogP) is 5.16. The normalized spacial score (nSPS) is 13.8. The van der Waals surface area contributed by atoms with E-state index in [1.807, 2.05) is 13.0 Å². The number of benzene rings is 2. The van der Waals surface area contributed by atoms with Crippen LogP contribution in [0.15, 0.2) is 67.3 Å². The van der Waals surface area contributed by atoms with Crippen LogP contribution in [0.5, 0.6) is 0 Å². The number of aliphatic hydroxyl groups is 1. The van der Waals surface area contributed by atoms with Crippen LogP contribution in [0.2, 0.25) is 0 Å². The van der Waals surface area contributed by atoms with E-state index in [1.54, 1.807) is 6.08 Å². The van der Waals surface area contributed by atoms with Crippen LogP contribution in [0.1, 0.15) is 24.5 Å². The van der Waals surface area contributed by atoms with Crippen LogP contribution in [-0.4, -0.2) is 15.3 Å². The molecule has 1 heterocycles. The lowest BCUT2D eigenvalue weighted by Gasteiger charge is -2.18. The van der Waals surface area contributed by atoms with Crippen molar-refractivity contribution in [1.29, 1.82) is 0 Å². The number of rotatable bonds is 6. The lowest BCUT2D eigenvalue weighted by molar-refractivity contribution is 0.103.